The Balaban J connectivity index is 1.36. The number of nitrogens with zero attached hydrogens (tertiary/aromatic N) is 3. The molecule has 0 fully saturated rings. The molecule has 202 valence electrons. The Labute approximate surface area is 222 Å². The van der Waals surface area contributed by atoms with Gasteiger partial charge in [0.25, 0.3) is 0 Å². The van der Waals surface area contributed by atoms with Gasteiger partial charge < -0.3 is 24.8 Å². The molecule has 0 aliphatic carbocycles. The van der Waals surface area contributed by atoms with Crippen molar-refractivity contribution in [1.82, 2.24) is 9.78 Å². The van der Waals surface area contributed by atoms with Gasteiger partial charge in [-0.25, -0.2) is 0 Å². The van der Waals surface area contributed by atoms with E-state index in [0.29, 0.717) is 35.9 Å². The van der Waals surface area contributed by atoms with Crippen LogP contribution in [0.2, 0.25) is 0 Å². The average molecular weight is 539 g/mol. The first-order chi connectivity index (χ1) is 18.7. The summed E-state index contributed by atoms with van der Waals surface area (Å²) in [6, 6.07) is 20.3. The van der Waals surface area contributed by atoms with Gasteiger partial charge in [0.05, 0.1) is 38.0 Å². The van der Waals surface area contributed by atoms with Crippen molar-refractivity contribution in [2.24, 2.45) is 0 Å². The van der Waals surface area contributed by atoms with Crippen molar-refractivity contribution in [3.05, 3.63) is 83.9 Å². The number of fused-ring (bicyclic) bond motifs is 1. The van der Waals surface area contributed by atoms with E-state index in [1.165, 1.54) is 18.2 Å². The summed E-state index contributed by atoms with van der Waals surface area (Å²) in [5.41, 5.74) is 9.60. The van der Waals surface area contributed by atoms with Crippen LogP contribution in [0.4, 0.5) is 24.7 Å². The minimum Gasteiger partial charge on any atom is -0.497 e. The van der Waals surface area contributed by atoms with Crippen LogP contribution in [0.25, 0.3) is 11.3 Å². The Kier molecular flexibility index (Phi) is 7.05. The zero-order chi connectivity index (χ0) is 27.6. The number of hydrogen-bond donors (Lipinski definition) is 1. The van der Waals surface area contributed by atoms with Gasteiger partial charge in [-0.2, -0.15) is 5.10 Å². The summed E-state index contributed by atoms with van der Waals surface area (Å²) < 4.78 is 54.6. The highest BCUT2D eigenvalue weighted by atomic mass is 19.4. The third kappa shape index (κ3) is 6.08. The van der Waals surface area contributed by atoms with Crippen LogP contribution < -0.4 is 24.8 Å². The summed E-state index contributed by atoms with van der Waals surface area (Å²) in [6.07, 6.45) is -4.90. The predicted molar refractivity (Wildman–Crippen MR) is 139 cm³/mol. The molecule has 2 N–H and O–H groups in total. The van der Waals surface area contributed by atoms with Crippen molar-refractivity contribution < 1.29 is 32.2 Å². The van der Waals surface area contributed by atoms with E-state index in [1.807, 2.05) is 36.4 Å². The SMILES string of the molecule is COc1ccc(Cn2nc(N)cc2-c2ccc3c(c2)OCCN3C(=O)Cc2cccc(OC(F)(F)F)c2)cc1. The van der Waals surface area contributed by atoms with Crippen LogP contribution >= 0.6 is 0 Å². The molecule has 1 aromatic heterocycles. The van der Waals surface area contributed by atoms with Crippen molar-refractivity contribution >= 4 is 17.4 Å². The fourth-order valence-corrected chi connectivity index (χ4v) is 4.45. The molecule has 1 aliphatic heterocycles. The Morgan fingerprint density at radius 2 is 1.82 bits per heavy atom. The Morgan fingerprint density at radius 1 is 1.03 bits per heavy atom. The number of rotatable bonds is 7. The number of ether oxygens (including phenoxy) is 3. The maximum Gasteiger partial charge on any atom is 0.573 e. The van der Waals surface area contributed by atoms with Crippen LogP contribution in [0.5, 0.6) is 17.2 Å². The molecule has 0 atom stereocenters. The number of methoxy groups -OCH3 is 1. The lowest BCUT2D eigenvalue weighted by Crippen LogP contribution is -2.38. The predicted octanol–water partition coefficient (Wildman–Crippen LogP) is 5.06. The molecule has 0 unspecified atom stereocenters. The van der Waals surface area contributed by atoms with Crippen LogP contribution in [0.15, 0.2) is 72.8 Å². The second-order valence-electron chi connectivity index (χ2n) is 8.91. The molecule has 1 amide bonds. The topological polar surface area (TPSA) is 91.8 Å². The van der Waals surface area contributed by atoms with Gasteiger partial charge in [-0.1, -0.05) is 30.3 Å². The summed E-state index contributed by atoms with van der Waals surface area (Å²) in [7, 11) is 1.61. The lowest BCUT2D eigenvalue weighted by molar-refractivity contribution is -0.274. The number of carbonyl (C=O) groups is 1. The summed E-state index contributed by atoms with van der Waals surface area (Å²) >= 11 is 0. The minimum absolute atomic E-state index is 0.0958. The molecule has 0 saturated heterocycles. The van der Waals surface area contributed by atoms with Crippen LogP contribution in [0.1, 0.15) is 11.1 Å². The van der Waals surface area contributed by atoms with Crippen LogP contribution in [-0.2, 0) is 17.8 Å². The highest BCUT2D eigenvalue weighted by Crippen LogP contribution is 2.37. The molecule has 0 spiro atoms. The second-order valence-corrected chi connectivity index (χ2v) is 8.91. The molecular formula is C28H25F3N4O4. The largest absolute Gasteiger partial charge is 0.573 e. The fraction of sp³-hybridized carbons (Fsp3) is 0.214. The first-order valence-electron chi connectivity index (χ1n) is 12.1. The highest BCUT2D eigenvalue weighted by molar-refractivity contribution is 5.97. The molecule has 39 heavy (non-hydrogen) atoms. The monoisotopic (exact) mass is 538 g/mol. The molecule has 2 heterocycles. The van der Waals surface area contributed by atoms with Crippen molar-refractivity contribution in [3.8, 4) is 28.5 Å². The molecule has 0 radical (unpaired) electrons. The van der Waals surface area contributed by atoms with Gasteiger partial charge >= 0.3 is 6.36 Å². The maximum atomic E-state index is 13.2. The smallest absolute Gasteiger partial charge is 0.497 e. The number of alkyl halides is 3. The lowest BCUT2D eigenvalue weighted by atomic mass is 10.1. The Morgan fingerprint density at radius 3 is 2.56 bits per heavy atom. The molecule has 1 aliphatic rings. The summed E-state index contributed by atoms with van der Waals surface area (Å²) in [5, 5.41) is 4.43. The van der Waals surface area contributed by atoms with E-state index in [1.54, 1.807) is 34.9 Å². The molecular weight excluding hydrogens is 513 g/mol. The highest BCUT2D eigenvalue weighted by Gasteiger charge is 2.31. The van der Waals surface area contributed by atoms with Crippen molar-refractivity contribution in [1.29, 1.82) is 0 Å². The molecule has 5 rings (SSSR count). The summed E-state index contributed by atoms with van der Waals surface area (Å²) in [6.45, 7) is 1.06. The van der Waals surface area contributed by atoms with Gasteiger partial charge in [0, 0.05) is 11.6 Å². The minimum atomic E-state index is -4.81. The van der Waals surface area contributed by atoms with Crippen molar-refractivity contribution in [2.45, 2.75) is 19.3 Å². The molecule has 0 saturated carbocycles. The Hall–Kier alpha value is -4.67. The van der Waals surface area contributed by atoms with Gasteiger partial charge in [0.15, 0.2) is 0 Å². The molecule has 0 bridgehead atoms. The standard InChI is InChI=1S/C28H25F3N4O4/c1-37-21-8-5-18(6-9-21)17-35-24(16-26(32)33-35)20-7-10-23-25(15-20)38-12-11-34(23)27(36)14-19-3-2-4-22(13-19)39-28(29,30)31/h2-10,13,15-16H,11-12,14,17H2,1H3,(H2,32,33). The fourth-order valence-electron chi connectivity index (χ4n) is 4.45. The van der Waals surface area contributed by atoms with E-state index in [9.17, 15) is 18.0 Å². The van der Waals surface area contributed by atoms with Crippen LogP contribution in [-0.4, -0.2) is 42.3 Å². The molecule has 8 nitrogen and oxygen atoms in total. The van der Waals surface area contributed by atoms with E-state index < -0.39 is 6.36 Å². The third-order valence-corrected chi connectivity index (χ3v) is 6.20. The molecule has 4 aromatic rings. The number of aromatic nitrogens is 2. The van der Waals surface area contributed by atoms with Gasteiger partial charge in [-0.05, 0) is 47.5 Å². The number of benzene rings is 3. The van der Waals surface area contributed by atoms with Crippen LogP contribution in [0, 0.1) is 0 Å². The van der Waals surface area contributed by atoms with Crippen molar-refractivity contribution in [2.75, 3.05) is 30.9 Å². The average Bonchev–Trinajstić information content (AvgIpc) is 3.27. The van der Waals surface area contributed by atoms with E-state index in [-0.39, 0.29) is 24.7 Å². The number of amides is 1. The number of halogens is 3. The first kappa shape index (κ1) is 26.0. The maximum absolute atomic E-state index is 13.2. The van der Waals surface area contributed by atoms with Gasteiger partial charge in [-0.15, -0.1) is 13.2 Å². The van der Waals surface area contributed by atoms with Crippen molar-refractivity contribution in [3.63, 3.8) is 0 Å². The van der Waals surface area contributed by atoms with E-state index in [4.69, 9.17) is 15.2 Å². The van der Waals surface area contributed by atoms with E-state index >= 15 is 0 Å². The zero-order valence-electron chi connectivity index (χ0n) is 20.9. The summed E-state index contributed by atoms with van der Waals surface area (Å²) in [5.74, 6) is 0.991. The normalized spacial score (nSPS) is 13.0. The summed E-state index contributed by atoms with van der Waals surface area (Å²) in [4.78, 5) is 14.7. The molecule has 11 heteroatoms. The number of nitrogens with two attached hydrogens (primary N) is 1. The third-order valence-electron chi connectivity index (χ3n) is 6.20. The van der Waals surface area contributed by atoms with E-state index in [0.717, 1.165) is 22.6 Å². The van der Waals surface area contributed by atoms with E-state index in [2.05, 4.69) is 9.84 Å². The number of anilines is 2. The quantitative estimate of drug-likeness (QED) is 0.354. The first-order valence-corrected chi connectivity index (χ1v) is 12.1. The van der Waals surface area contributed by atoms with Gasteiger partial charge in [-0.3, -0.25) is 9.48 Å². The number of hydrogen-bond acceptors (Lipinski definition) is 6. The number of nitrogen functional groups attached to an aromatic ring is 1. The lowest BCUT2D eigenvalue weighted by Gasteiger charge is -2.30. The molecule has 3 aromatic carbocycles. The number of carbonyl (C=O) groups excluding carboxylic acids is 1. The van der Waals surface area contributed by atoms with Gasteiger partial charge in [0.2, 0.25) is 5.91 Å². The van der Waals surface area contributed by atoms with Crippen LogP contribution in [0.3, 0.4) is 0 Å². The Bertz CT molecular complexity index is 1490. The van der Waals surface area contributed by atoms with Gasteiger partial charge in [0.1, 0.15) is 29.7 Å². The second kappa shape index (κ2) is 10.6. The zero-order valence-corrected chi connectivity index (χ0v) is 20.9.